The average molecular weight is 343 g/mol. The molecule has 1 aromatic carbocycles. The maximum atomic E-state index is 12.9. The predicted molar refractivity (Wildman–Crippen MR) is 91.8 cm³/mol. The van der Waals surface area contributed by atoms with Crippen molar-refractivity contribution in [2.75, 3.05) is 20.4 Å². The highest BCUT2D eigenvalue weighted by Gasteiger charge is 2.37. The number of carbonyl (C=O) groups is 2. The van der Waals surface area contributed by atoms with Crippen molar-refractivity contribution in [1.82, 2.24) is 4.90 Å². The summed E-state index contributed by atoms with van der Waals surface area (Å²) in [7, 11) is 1.32. The Labute approximate surface area is 146 Å². The average Bonchev–Trinajstić information content (AvgIpc) is 3.12. The molecule has 0 radical (unpaired) electrons. The maximum Gasteiger partial charge on any atom is 0.340 e. The number of ether oxygens (including phenoxy) is 3. The van der Waals surface area contributed by atoms with Crippen molar-refractivity contribution in [2.45, 2.75) is 20.8 Å². The Hall–Kier alpha value is -2.76. The highest BCUT2D eigenvalue weighted by molar-refractivity contribution is 6.16. The molecule has 132 valence electrons. The second-order valence-corrected chi connectivity index (χ2v) is 6.43. The molecule has 25 heavy (non-hydrogen) atoms. The van der Waals surface area contributed by atoms with E-state index in [1.54, 1.807) is 30.0 Å². The Balaban J connectivity index is 2.03. The van der Waals surface area contributed by atoms with Crippen LogP contribution >= 0.6 is 0 Å². The minimum Gasteiger partial charge on any atom is -0.465 e. The van der Waals surface area contributed by atoms with Crippen LogP contribution in [0.1, 0.15) is 26.3 Å². The Morgan fingerprint density at radius 3 is 2.72 bits per heavy atom. The monoisotopic (exact) mass is 343 g/mol. The van der Waals surface area contributed by atoms with Crippen LogP contribution in [0.4, 0.5) is 0 Å². The van der Waals surface area contributed by atoms with Crippen molar-refractivity contribution in [2.24, 2.45) is 5.92 Å². The van der Waals surface area contributed by atoms with Gasteiger partial charge in [-0.15, -0.1) is 0 Å². The van der Waals surface area contributed by atoms with Gasteiger partial charge in [-0.2, -0.15) is 0 Å². The van der Waals surface area contributed by atoms with Gasteiger partial charge in [-0.1, -0.05) is 19.9 Å². The number of hydrogen-bond donors (Lipinski definition) is 0. The molecular formula is C19H21NO5. The number of hydrogen-bond acceptors (Lipinski definition) is 5. The molecule has 0 saturated carbocycles. The number of methoxy groups -OCH3 is 1. The van der Waals surface area contributed by atoms with E-state index < -0.39 is 5.97 Å². The number of amides is 1. The molecule has 0 N–H and O–H groups in total. The lowest BCUT2D eigenvalue weighted by Crippen LogP contribution is -2.28. The summed E-state index contributed by atoms with van der Waals surface area (Å²) in [5.41, 5.74) is 2.03. The van der Waals surface area contributed by atoms with Gasteiger partial charge < -0.3 is 19.1 Å². The summed E-state index contributed by atoms with van der Waals surface area (Å²) in [6, 6.07) is 5.40. The van der Waals surface area contributed by atoms with E-state index in [-0.39, 0.29) is 18.6 Å². The van der Waals surface area contributed by atoms with Crippen LogP contribution in [0.5, 0.6) is 11.5 Å². The lowest BCUT2D eigenvalue weighted by Gasteiger charge is -2.19. The Morgan fingerprint density at radius 1 is 1.32 bits per heavy atom. The van der Waals surface area contributed by atoms with Gasteiger partial charge in [-0.3, -0.25) is 4.79 Å². The zero-order chi connectivity index (χ0) is 18.1. The van der Waals surface area contributed by atoms with E-state index in [1.165, 1.54) is 7.11 Å². The summed E-state index contributed by atoms with van der Waals surface area (Å²) in [6.07, 6.45) is 1.69. The van der Waals surface area contributed by atoms with E-state index in [0.29, 0.717) is 34.9 Å². The Bertz CT molecular complexity index is 791. The third-order valence-corrected chi connectivity index (χ3v) is 4.16. The minimum absolute atomic E-state index is 0.183. The number of fused-ring (bicyclic) bond motifs is 1. The first-order chi connectivity index (χ1) is 11.9. The predicted octanol–water partition coefficient (Wildman–Crippen LogP) is 2.74. The van der Waals surface area contributed by atoms with Crippen LogP contribution in [0.15, 0.2) is 35.0 Å². The first-order valence-corrected chi connectivity index (χ1v) is 8.15. The van der Waals surface area contributed by atoms with Crippen LogP contribution in [0.2, 0.25) is 0 Å². The van der Waals surface area contributed by atoms with Gasteiger partial charge in [0.2, 0.25) is 6.79 Å². The molecular weight excluding hydrogens is 322 g/mol. The first kappa shape index (κ1) is 17.1. The topological polar surface area (TPSA) is 65.1 Å². The standard InChI is InChI=1S/C19H21NO5/c1-11(2)9-20-12(3)17(19(22)23-4)14(18(20)21)7-13-5-6-15-16(8-13)25-10-24-15/h5-8,11H,9-10H2,1-4H3. The van der Waals surface area contributed by atoms with Crippen LogP contribution in [0, 0.1) is 5.92 Å². The summed E-state index contributed by atoms with van der Waals surface area (Å²) >= 11 is 0. The molecule has 0 bridgehead atoms. The zero-order valence-electron chi connectivity index (χ0n) is 14.8. The van der Waals surface area contributed by atoms with Gasteiger partial charge in [-0.25, -0.2) is 4.79 Å². The molecule has 3 rings (SSSR count). The molecule has 0 spiro atoms. The SMILES string of the molecule is COC(=O)C1=C(C)N(CC(C)C)C(=O)C1=Cc1ccc2c(c1)OCO2. The summed E-state index contributed by atoms with van der Waals surface area (Å²) in [5.74, 6) is 0.872. The molecule has 1 amide bonds. The second kappa shape index (κ2) is 6.63. The number of rotatable bonds is 4. The number of carbonyl (C=O) groups excluding carboxylic acids is 2. The number of esters is 1. The van der Waals surface area contributed by atoms with Crippen molar-refractivity contribution >= 4 is 18.0 Å². The molecule has 6 heteroatoms. The molecule has 0 atom stereocenters. The van der Waals surface area contributed by atoms with Gasteiger partial charge in [0, 0.05) is 12.2 Å². The van der Waals surface area contributed by atoms with Gasteiger partial charge in [0.1, 0.15) is 0 Å². The molecule has 0 saturated heterocycles. The van der Waals surface area contributed by atoms with Crippen LogP contribution in [-0.2, 0) is 14.3 Å². The van der Waals surface area contributed by atoms with Crippen LogP contribution in [0.3, 0.4) is 0 Å². The van der Waals surface area contributed by atoms with Crippen molar-refractivity contribution in [3.8, 4) is 11.5 Å². The second-order valence-electron chi connectivity index (χ2n) is 6.43. The summed E-state index contributed by atoms with van der Waals surface area (Å²) in [6.45, 7) is 6.55. The number of nitrogens with zero attached hydrogens (tertiary/aromatic N) is 1. The molecule has 2 aliphatic rings. The van der Waals surface area contributed by atoms with Gasteiger partial charge >= 0.3 is 5.97 Å². The lowest BCUT2D eigenvalue weighted by atomic mass is 10.0. The molecule has 0 fully saturated rings. The summed E-state index contributed by atoms with van der Waals surface area (Å²) < 4.78 is 15.6. The molecule has 6 nitrogen and oxygen atoms in total. The van der Waals surface area contributed by atoms with Crippen LogP contribution in [-0.4, -0.2) is 37.2 Å². The number of allylic oxidation sites excluding steroid dienone is 1. The lowest BCUT2D eigenvalue weighted by molar-refractivity contribution is -0.136. The fourth-order valence-corrected chi connectivity index (χ4v) is 2.98. The summed E-state index contributed by atoms with van der Waals surface area (Å²) in [4.78, 5) is 26.8. The van der Waals surface area contributed by atoms with Gasteiger partial charge in [0.25, 0.3) is 5.91 Å². The molecule has 0 unspecified atom stereocenters. The van der Waals surface area contributed by atoms with Gasteiger partial charge in [-0.05, 0) is 36.6 Å². The molecule has 2 heterocycles. The normalized spacial score (nSPS) is 17.9. The first-order valence-electron chi connectivity index (χ1n) is 8.15. The summed E-state index contributed by atoms with van der Waals surface area (Å²) in [5, 5.41) is 0. The van der Waals surface area contributed by atoms with E-state index >= 15 is 0 Å². The van der Waals surface area contributed by atoms with E-state index in [2.05, 4.69) is 0 Å². The molecule has 0 aromatic heterocycles. The van der Waals surface area contributed by atoms with Crippen LogP contribution in [0.25, 0.3) is 6.08 Å². The fraction of sp³-hybridized carbons (Fsp3) is 0.368. The van der Waals surface area contributed by atoms with E-state index in [9.17, 15) is 9.59 Å². The highest BCUT2D eigenvalue weighted by Crippen LogP contribution is 2.36. The fourth-order valence-electron chi connectivity index (χ4n) is 2.98. The van der Waals surface area contributed by atoms with E-state index in [0.717, 1.165) is 5.56 Å². The Kier molecular flexibility index (Phi) is 4.53. The highest BCUT2D eigenvalue weighted by atomic mass is 16.7. The van der Waals surface area contributed by atoms with Gasteiger partial charge in [0.15, 0.2) is 11.5 Å². The Morgan fingerprint density at radius 2 is 2.04 bits per heavy atom. The van der Waals surface area contributed by atoms with Crippen LogP contribution < -0.4 is 9.47 Å². The molecule has 2 aliphatic heterocycles. The smallest absolute Gasteiger partial charge is 0.340 e. The third kappa shape index (κ3) is 3.12. The zero-order valence-corrected chi connectivity index (χ0v) is 14.8. The minimum atomic E-state index is -0.510. The van der Waals surface area contributed by atoms with Crippen molar-refractivity contribution in [3.05, 3.63) is 40.6 Å². The van der Waals surface area contributed by atoms with E-state index in [1.807, 2.05) is 19.9 Å². The quantitative estimate of drug-likeness (QED) is 0.621. The number of benzene rings is 1. The van der Waals surface area contributed by atoms with Crippen molar-refractivity contribution in [3.63, 3.8) is 0 Å². The van der Waals surface area contributed by atoms with E-state index in [4.69, 9.17) is 14.2 Å². The molecule has 1 aromatic rings. The van der Waals surface area contributed by atoms with Crippen molar-refractivity contribution in [1.29, 1.82) is 0 Å². The van der Waals surface area contributed by atoms with Gasteiger partial charge in [0.05, 0.1) is 18.3 Å². The third-order valence-electron chi connectivity index (χ3n) is 4.16. The van der Waals surface area contributed by atoms with Crippen molar-refractivity contribution < 1.29 is 23.8 Å². The largest absolute Gasteiger partial charge is 0.465 e. The molecule has 0 aliphatic carbocycles. The maximum absolute atomic E-state index is 12.9.